The quantitative estimate of drug-likeness (QED) is 0.609. The first-order valence-electron chi connectivity index (χ1n) is 5.24. The van der Waals surface area contributed by atoms with Crippen LogP contribution in [0.2, 0.25) is 0 Å². The molecule has 1 aromatic carbocycles. The van der Waals surface area contributed by atoms with Gasteiger partial charge in [0.15, 0.2) is 6.10 Å². The summed E-state index contributed by atoms with van der Waals surface area (Å²) < 4.78 is 32.4. The van der Waals surface area contributed by atoms with E-state index in [2.05, 4.69) is 4.74 Å². The summed E-state index contributed by atoms with van der Waals surface area (Å²) in [7, 11) is 2.81. The number of methoxy groups -OCH3 is 1. The second-order valence-electron chi connectivity index (χ2n) is 3.88. The lowest BCUT2D eigenvalue weighted by Gasteiger charge is -2.24. The van der Waals surface area contributed by atoms with Crippen LogP contribution in [0, 0.1) is 0 Å². The number of esters is 1. The van der Waals surface area contributed by atoms with Gasteiger partial charge in [-0.2, -0.15) is 0 Å². The van der Waals surface area contributed by atoms with Gasteiger partial charge in [-0.1, -0.05) is 0 Å². The van der Waals surface area contributed by atoms with Crippen molar-refractivity contribution in [1.29, 1.82) is 0 Å². The van der Waals surface area contributed by atoms with Crippen molar-refractivity contribution in [3.63, 3.8) is 0 Å². The Hall–Kier alpha value is -1.27. The number of carbonyl (C=O) groups excluding carboxylic acids is 1. The molecule has 0 N–H and O–H groups in total. The van der Waals surface area contributed by atoms with Crippen molar-refractivity contribution in [3.8, 4) is 5.75 Å². The molecule has 18 heavy (non-hydrogen) atoms. The molecule has 0 fully saturated rings. The van der Waals surface area contributed by atoms with E-state index in [1.807, 2.05) is 0 Å². The third-order valence-corrected chi connectivity index (χ3v) is 4.07. The number of hydrogen-bond donors (Lipinski definition) is 0. The van der Waals surface area contributed by atoms with Crippen LogP contribution in [0.5, 0.6) is 5.75 Å². The van der Waals surface area contributed by atoms with Gasteiger partial charge in [0, 0.05) is 10.7 Å². The van der Waals surface area contributed by atoms with E-state index in [1.165, 1.54) is 25.3 Å². The van der Waals surface area contributed by atoms with Crippen molar-refractivity contribution in [1.82, 2.24) is 0 Å². The van der Waals surface area contributed by atoms with Gasteiger partial charge in [0.2, 0.25) is 0 Å². The third kappa shape index (κ3) is 2.59. The molecule has 0 spiro atoms. The molecule has 1 aliphatic heterocycles. The highest BCUT2D eigenvalue weighted by Gasteiger charge is 2.27. The molecular formula is C11H11ClO5S. The second-order valence-corrected chi connectivity index (χ2v) is 6.44. The fourth-order valence-corrected chi connectivity index (χ4v) is 2.62. The first-order chi connectivity index (χ1) is 8.41. The molecule has 0 saturated carbocycles. The van der Waals surface area contributed by atoms with Crippen LogP contribution >= 0.6 is 10.7 Å². The Labute approximate surface area is 109 Å². The summed E-state index contributed by atoms with van der Waals surface area (Å²) in [6.45, 7) is 0. The van der Waals surface area contributed by atoms with Gasteiger partial charge in [-0.15, -0.1) is 0 Å². The SMILES string of the molecule is COC(=O)[C@@H]1CCc2cc(S(=O)(=O)Cl)ccc2O1. The lowest BCUT2D eigenvalue weighted by Crippen LogP contribution is -2.32. The fraction of sp³-hybridized carbons (Fsp3) is 0.364. The Morgan fingerprint density at radius 2 is 2.22 bits per heavy atom. The van der Waals surface area contributed by atoms with E-state index in [9.17, 15) is 13.2 Å². The molecule has 1 aliphatic rings. The highest BCUT2D eigenvalue weighted by Crippen LogP contribution is 2.31. The minimum atomic E-state index is -3.75. The molecule has 0 amide bonds. The van der Waals surface area contributed by atoms with Crippen LogP contribution in [0.3, 0.4) is 0 Å². The third-order valence-electron chi connectivity index (χ3n) is 2.72. The number of halogens is 1. The number of fused-ring (bicyclic) bond motifs is 1. The van der Waals surface area contributed by atoms with E-state index in [0.717, 1.165) is 5.56 Å². The average molecular weight is 291 g/mol. The molecular weight excluding hydrogens is 280 g/mol. The highest BCUT2D eigenvalue weighted by molar-refractivity contribution is 8.13. The summed E-state index contributed by atoms with van der Waals surface area (Å²) in [6.07, 6.45) is 0.349. The van der Waals surface area contributed by atoms with Crippen molar-refractivity contribution in [2.24, 2.45) is 0 Å². The molecule has 5 nitrogen and oxygen atoms in total. The number of rotatable bonds is 2. The van der Waals surface area contributed by atoms with Crippen LogP contribution in [0.15, 0.2) is 23.1 Å². The van der Waals surface area contributed by atoms with E-state index >= 15 is 0 Å². The Morgan fingerprint density at radius 1 is 1.50 bits per heavy atom. The molecule has 0 bridgehead atoms. The van der Waals surface area contributed by atoms with Crippen LogP contribution in [0.4, 0.5) is 0 Å². The maximum absolute atomic E-state index is 11.3. The Balaban J connectivity index is 2.29. The van der Waals surface area contributed by atoms with E-state index in [0.29, 0.717) is 18.6 Å². The van der Waals surface area contributed by atoms with Gasteiger partial charge < -0.3 is 9.47 Å². The normalized spacial score (nSPS) is 18.7. The van der Waals surface area contributed by atoms with Crippen molar-refractivity contribution in [2.45, 2.75) is 23.8 Å². The molecule has 0 aromatic heterocycles. The Kier molecular flexibility index (Phi) is 3.49. The molecule has 2 rings (SSSR count). The number of ether oxygens (including phenoxy) is 2. The van der Waals surface area contributed by atoms with Crippen molar-refractivity contribution >= 4 is 25.7 Å². The molecule has 98 valence electrons. The summed E-state index contributed by atoms with van der Waals surface area (Å²) >= 11 is 0. The summed E-state index contributed by atoms with van der Waals surface area (Å²) in [5.41, 5.74) is 0.719. The maximum Gasteiger partial charge on any atom is 0.347 e. The van der Waals surface area contributed by atoms with E-state index in [1.54, 1.807) is 0 Å². The first kappa shape index (κ1) is 13.2. The predicted octanol–water partition coefficient (Wildman–Crippen LogP) is 1.48. The second kappa shape index (κ2) is 4.78. The zero-order valence-electron chi connectivity index (χ0n) is 9.55. The number of hydrogen-bond acceptors (Lipinski definition) is 5. The molecule has 7 heteroatoms. The number of aryl methyl sites for hydroxylation is 1. The van der Waals surface area contributed by atoms with E-state index in [4.69, 9.17) is 15.4 Å². The van der Waals surface area contributed by atoms with Gasteiger partial charge in [0.05, 0.1) is 12.0 Å². The molecule has 0 radical (unpaired) electrons. The van der Waals surface area contributed by atoms with Crippen molar-refractivity contribution in [2.75, 3.05) is 7.11 Å². The summed E-state index contributed by atoms with van der Waals surface area (Å²) in [6, 6.07) is 4.31. The summed E-state index contributed by atoms with van der Waals surface area (Å²) in [4.78, 5) is 11.4. The minimum Gasteiger partial charge on any atom is -0.478 e. The van der Waals surface area contributed by atoms with Crippen molar-refractivity contribution in [3.05, 3.63) is 23.8 Å². The average Bonchev–Trinajstić information content (AvgIpc) is 2.35. The van der Waals surface area contributed by atoms with Gasteiger partial charge in [-0.25, -0.2) is 13.2 Å². The minimum absolute atomic E-state index is 0.0306. The molecule has 0 aliphatic carbocycles. The largest absolute Gasteiger partial charge is 0.478 e. The standard InChI is InChI=1S/C11H11ClO5S/c1-16-11(13)10-4-2-7-6-8(18(12,14)15)3-5-9(7)17-10/h3,5-6,10H,2,4H2,1H3/t10-/m0/s1. The van der Waals surface area contributed by atoms with E-state index < -0.39 is 21.1 Å². The zero-order chi connectivity index (χ0) is 13.3. The molecule has 1 aromatic rings. The summed E-state index contributed by atoms with van der Waals surface area (Å²) in [5, 5.41) is 0. The number of benzene rings is 1. The number of carbonyl (C=O) groups is 1. The van der Waals surface area contributed by atoms with Crippen LogP contribution in [0.25, 0.3) is 0 Å². The van der Waals surface area contributed by atoms with Gasteiger partial charge in [0.1, 0.15) is 5.75 Å². The molecule has 1 heterocycles. The molecule has 0 saturated heterocycles. The molecule has 0 unspecified atom stereocenters. The fourth-order valence-electron chi connectivity index (χ4n) is 1.81. The highest BCUT2D eigenvalue weighted by atomic mass is 35.7. The predicted molar refractivity (Wildman–Crippen MR) is 64.2 cm³/mol. The van der Waals surface area contributed by atoms with Gasteiger partial charge in [-0.05, 0) is 36.6 Å². The monoisotopic (exact) mass is 290 g/mol. The van der Waals surface area contributed by atoms with E-state index in [-0.39, 0.29) is 4.90 Å². The topological polar surface area (TPSA) is 69.7 Å². The Morgan fingerprint density at radius 3 is 2.83 bits per heavy atom. The van der Waals surface area contributed by atoms with Gasteiger partial charge in [-0.3, -0.25) is 0 Å². The van der Waals surface area contributed by atoms with Crippen LogP contribution in [-0.4, -0.2) is 27.6 Å². The smallest absolute Gasteiger partial charge is 0.347 e. The Bertz CT molecular complexity index is 581. The van der Waals surface area contributed by atoms with Gasteiger partial charge >= 0.3 is 5.97 Å². The first-order valence-corrected chi connectivity index (χ1v) is 7.55. The van der Waals surface area contributed by atoms with Gasteiger partial charge in [0.25, 0.3) is 9.05 Å². The zero-order valence-corrected chi connectivity index (χ0v) is 11.1. The molecule has 1 atom stereocenters. The summed E-state index contributed by atoms with van der Waals surface area (Å²) in [5.74, 6) is 0.0513. The lowest BCUT2D eigenvalue weighted by atomic mass is 10.0. The van der Waals surface area contributed by atoms with Crippen LogP contribution in [-0.2, 0) is 25.0 Å². The van der Waals surface area contributed by atoms with Crippen LogP contribution < -0.4 is 4.74 Å². The lowest BCUT2D eigenvalue weighted by molar-refractivity contribution is -0.149. The maximum atomic E-state index is 11.3. The van der Waals surface area contributed by atoms with Crippen molar-refractivity contribution < 1.29 is 22.7 Å². The van der Waals surface area contributed by atoms with Crippen LogP contribution in [0.1, 0.15) is 12.0 Å².